The standard InChI is InChI=1S/C22H15F4N5O2/c23-18-7-2-1-4-14(18)12-31-29-20(28-30-31)17-10-13(21(32)33)8-9-19(17)27-16-6-3-5-15(11-16)22(24,25)26/h1-11,27H,12H2,(H,32,33). The van der Waals surface area contributed by atoms with Crippen molar-refractivity contribution in [1.29, 1.82) is 0 Å². The highest BCUT2D eigenvalue weighted by atomic mass is 19.4. The first-order chi connectivity index (χ1) is 15.7. The lowest BCUT2D eigenvalue weighted by atomic mass is 10.1. The van der Waals surface area contributed by atoms with Gasteiger partial charge in [-0.05, 0) is 47.7 Å². The van der Waals surface area contributed by atoms with Gasteiger partial charge in [0.25, 0.3) is 0 Å². The van der Waals surface area contributed by atoms with Gasteiger partial charge in [-0.25, -0.2) is 9.18 Å². The summed E-state index contributed by atoms with van der Waals surface area (Å²) in [7, 11) is 0. The predicted octanol–water partition coefficient (Wildman–Crippen LogP) is 4.99. The molecule has 168 valence electrons. The molecule has 7 nitrogen and oxygen atoms in total. The Balaban J connectivity index is 1.69. The van der Waals surface area contributed by atoms with Crippen LogP contribution in [-0.2, 0) is 12.7 Å². The molecule has 0 radical (unpaired) electrons. The minimum Gasteiger partial charge on any atom is -0.478 e. The fourth-order valence-corrected chi connectivity index (χ4v) is 3.10. The van der Waals surface area contributed by atoms with Crippen molar-refractivity contribution in [2.45, 2.75) is 12.7 Å². The summed E-state index contributed by atoms with van der Waals surface area (Å²) in [6.07, 6.45) is -4.52. The summed E-state index contributed by atoms with van der Waals surface area (Å²) in [5.41, 5.74) is 0.00280. The van der Waals surface area contributed by atoms with Gasteiger partial charge in [0.1, 0.15) is 5.82 Å². The van der Waals surface area contributed by atoms with Crippen molar-refractivity contribution < 1.29 is 27.5 Å². The van der Waals surface area contributed by atoms with Crippen LogP contribution in [-0.4, -0.2) is 31.3 Å². The van der Waals surface area contributed by atoms with Gasteiger partial charge in [-0.15, -0.1) is 10.2 Å². The lowest BCUT2D eigenvalue weighted by molar-refractivity contribution is -0.137. The summed E-state index contributed by atoms with van der Waals surface area (Å²) >= 11 is 0. The molecule has 2 N–H and O–H groups in total. The van der Waals surface area contributed by atoms with Crippen LogP contribution in [0, 0.1) is 5.82 Å². The second-order valence-electron chi connectivity index (χ2n) is 7.00. The van der Waals surface area contributed by atoms with Crippen molar-refractivity contribution in [2.75, 3.05) is 5.32 Å². The lowest BCUT2D eigenvalue weighted by Gasteiger charge is -2.13. The van der Waals surface area contributed by atoms with E-state index in [0.717, 1.165) is 16.9 Å². The summed E-state index contributed by atoms with van der Waals surface area (Å²) in [4.78, 5) is 12.6. The maximum atomic E-state index is 13.9. The molecule has 0 spiro atoms. The van der Waals surface area contributed by atoms with E-state index < -0.39 is 23.5 Å². The van der Waals surface area contributed by atoms with Crippen molar-refractivity contribution in [3.05, 3.63) is 89.2 Å². The highest BCUT2D eigenvalue weighted by molar-refractivity contribution is 5.91. The van der Waals surface area contributed by atoms with Gasteiger partial charge in [0.05, 0.1) is 17.7 Å². The van der Waals surface area contributed by atoms with Crippen LogP contribution in [0.2, 0.25) is 0 Å². The normalized spacial score (nSPS) is 11.4. The molecule has 0 amide bonds. The van der Waals surface area contributed by atoms with Crippen molar-refractivity contribution in [1.82, 2.24) is 20.2 Å². The predicted molar refractivity (Wildman–Crippen MR) is 110 cm³/mol. The van der Waals surface area contributed by atoms with E-state index in [-0.39, 0.29) is 34.9 Å². The van der Waals surface area contributed by atoms with Gasteiger partial charge in [-0.2, -0.15) is 18.0 Å². The number of anilines is 2. The number of carboxylic acid groups (broad SMARTS) is 1. The average Bonchev–Trinajstić information content (AvgIpc) is 3.23. The number of hydrogen-bond donors (Lipinski definition) is 2. The van der Waals surface area contributed by atoms with E-state index in [9.17, 15) is 27.5 Å². The zero-order valence-corrected chi connectivity index (χ0v) is 16.7. The molecular formula is C22H15F4N5O2. The van der Waals surface area contributed by atoms with Gasteiger partial charge < -0.3 is 10.4 Å². The van der Waals surface area contributed by atoms with E-state index in [4.69, 9.17) is 0 Å². The molecule has 0 aliphatic carbocycles. The second kappa shape index (κ2) is 8.69. The number of hydrogen-bond acceptors (Lipinski definition) is 5. The van der Waals surface area contributed by atoms with Gasteiger partial charge in [0.2, 0.25) is 5.82 Å². The summed E-state index contributed by atoms with van der Waals surface area (Å²) in [5.74, 6) is -1.64. The fraction of sp³-hybridized carbons (Fsp3) is 0.0909. The molecule has 3 aromatic carbocycles. The molecule has 0 unspecified atom stereocenters. The van der Waals surface area contributed by atoms with E-state index in [1.165, 1.54) is 36.4 Å². The van der Waals surface area contributed by atoms with E-state index in [2.05, 4.69) is 20.7 Å². The largest absolute Gasteiger partial charge is 0.478 e. The number of carbonyl (C=O) groups is 1. The Kier molecular flexibility index (Phi) is 5.78. The first kappa shape index (κ1) is 21.9. The maximum absolute atomic E-state index is 13.9. The van der Waals surface area contributed by atoms with Crippen LogP contribution in [0.4, 0.5) is 28.9 Å². The third-order valence-electron chi connectivity index (χ3n) is 4.70. The second-order valence-corrected chi connectivity index (χ2v) is 7.00. The van der Waals surface area contributed by atoms with Crippen LogP contribution in [0.15, 0.2) is 66.7 Å². The van der Waals surface area contributed by atoms with Gasteiger partial charge in [-0.1, -0.05) is 24.3 Å². The van der Waals surface area contributed by atoms with Crippen LogP contribution in [0.1, 0.15) is 21.5 Å². The number of nitrogens with one attached hydrogen (secondary N) is 1. The van der Waals surface area contributed by atoms with Gasteiger partial charge in [0.15, 0.2) is 0 Å². The topological polar surface area (TPSA) is 92.9 Å². The van der Waals surface area contributed by atoms with Gasteiger partial charge in [0, 0.05) is 22.5 Å². The Bertz CT molecular complexity index is 1320. The summed E-state index contributed by atoms with van der Waals surface area (Å²) in [6, 6.07) is 14.6. The van der Waals surface area contributed by atoms with Gasteiger partial charge >= 0.3 is 12.1 Å². The van der Waals surface area contributed by atoms with Crippen LogP contribution >= 0.6 is 0 Å². The highest BCUT2D eigenvalue weighted by Crippen LogP contribution is 2.33. The molecule has 0 saturated carbocycles. The fourth-order valence-electron chi connectivity index (χ4n) is 3.10. The minimum absolute atomic E-state index is 0.0175. The Morgan fingerprint density at radius 1 is 1.03 bits per heavy atom. The van der Waals surface area contributed by atoms with Crippen molar-refractivity contribution >= 4 is 17.3 Å². The molecule has 33 heavy (non-hydrogen) atoms. The first-order valence-electron chi connectivity index (χ1n) is 9.54. The quantitative estimate of drug-likeness (QED) is 0.397. The number of aromatic nitrogens is 4. The number of alkyl halides is 3. The van der Waals surface area contributed by atoms with E-state index >= 15 is 0 Å². The summed E-state index contributed by atoms with van der Waals surface area (Å²) in [5, 5.41) is 24.2. The molecule has 1 heterocycles. The van der Waals surface area contributed by atoms with Crippen LogP contribution < -0.4 is 5.32 Å². The van der Waals surface area contributed by atoms with Crippen LogP contribution in [0.5, 0.6) is 0 Å². The molecule has 1 aromatic heterocycles. The maximum Gasteiger partial charge on any atom is 0.416 e. The van der Waals surface area contributed by atoms with Crippen LogP contribution in [0.25, 0.3) is 11.4 Å². The zero-order chi connectivity index (χ0) is 23.6. The molecule has 0 bridgehead atoms. The number of nitrogens with zero attached hydrogens (tertiary/aromatic N) is 4. The summed E-state index contributed by atoms with van der Waals surface area (Å²) in [6.45, 7) is -0.0192. The van der Waals surface area contributed by atoms with E-state index in [1.54, 1.807) is 18.2 Å². The Morgan fingerprint density at radius 3 is 2.55 bits per heavy atom. The number of carboxylic acids is 1. The number of rotatable bonds is 6. The number of aromatic carboxylic acids is 1. The Morgan fingerprint density at radius 2 is 1.82 bits per heavy atom. The number of tetrazole rings is 1. The summed E-state index contributed by atoms with van der Waals surface area (Å²) < 4.78 is 53.1. The van der Waals surface area contributed by atoms with Crippen molar-refractivity contribution in [2.24, 2.45) is 0 Å². The SMILES string of the molecule is O=C(O)c1ccc(Nc2cccc(C(F)(F)F)c2)c(-c2nnn(Cc3ccccc3F)n2)c1. The van der Waals surface area contributed by atoms with E-state index in [1.807, 2.05) is 0 Å². The molecule has 11 heteroatoms. The van der Waals surface area contributed by atoms with Crippen LogP contribution in [0.3, 0.4) is 0 Å². The molecule has 0 saturated heterocycles. The molecule has 0 fully saturated rings. The van der Waals surface area contributed by atoms with Crippen molar-refractivity contribution in [3.63, 3.8) is 0 Å². The molecule has 0 aliphatic heterocycles. The highest BCUT2D eigenvalue weighted by Gasteiger charge is 2.30. The minimum atomic E-state index is -4.52. The molecule has 4 aromatic rings. The molecule has 0 atom stereocenters. The molecular weight excluding hydrogens is 442 g/mol. The number of halogens is 4. The number of benzene rings is 3. The zero-order valence-electron chi connectivity index (χ0n) is 16.7. The molecule has 0 aliphatic rings. The van der Waals surface area contributed by atoms with E-state index in [0.29, 0.717) is 5.56 Å². The first-order valence-corrected chi connectivity index (χ1v) is 9.54. The monoisotopic (exact) mass is 457 g/mol. The smallest absolute Gasteiger partial charge is 0.416 e. The van der Waals surface area contributed by atoms with Crippen molar-refractivity contribution in [3.8, 4) is 11.4 Å². The third-order valence-corrected chi connectivity index (χ3v) is 4.70. The third kappa shape index (κ3) is 4.97. The Labute approximate surface area is 184 Å². The lowest BCUT2D eigenvalue weighted by Crippen LogP contribution is -2.06. The Hall–Kier alpha value is -4.28. The van der Waals surface area contributed by atoms with Gasteiger partial charge in [-0.3, -0.25) is 0 Å². The molecule has 4 rings (SSSR count). The average molecular weight is 457 g/mol.